The van der Waals surface area contributed by atoms with Gasteiger partial charge in [0.15, 0.2) is 0 Å². The van der Waals surface area contributed by atoms with Crippen LogP contribution in [0.4, 0.5) is 17.3 Å². The minimum atomic E-state index is -0.173. The monoisotopic (exact) mass is 463 g/mol. The number of fused-ring (bicyclic) bond motifs is 1. The molecule has 0 aliphatic rings. The van der Waals surface area contributed by atoms with Gasteiger partial charge >= 0.3 is 0 Å². The molecule has 2 aromatic heterocycles. The minimum absolute atomic E-state index is 0.173. The highest BCUT2D eigenvalue weighted by atomic mass is 16.1. The summed E-state index contributed by atoms with van der Waals surface area (Å²) >= 11 is 0. The average Bonchev–Trinajstić information content (AvgIpc) is 3.31. The van der Waals surface area contributed by atoms with Gasteiger partial charge in [0, 0.05) is 45.8 Å². The third-order valence-corrected chi connectivity index (χ3v) is 5.30. The molecular weight excluding hydrogens is 434 g/mol. The Hall–Kier alpha value is -4.45. The number of benzene rings is 3. The number of hydrogen-bond donors (Lipinski definition) is 3. The van der Waals surface area contributed by atoms with Gasteiger partial charge in [-0.3, -0.25) is 4.79 Å². The number of H-pyrrole nitrogens is 1. The number of anilines is 3. The first-order valence-electron chi connectivity index (χ1n) is 11.7. The molecule has 6 heteroatoms. The van der Waals surface area contributed by atoms with Gasteiger partial charge in [0.25, 0.3) is 5.91 Å². The molecule has 5 aromatic rings. The van der Waals surface area contributed by atoms with Crippen molar-refractivity contribution in [2.75, 3.05) is 10.6 Å². The molecule has 0 fully saturated rings. The predicted molar refractivity (Wildman–Crippen MR) is 144 cm³/mol. The van der Waals surface area contributed by atoms with E-state index in [9.17, 15) is 4.79 Å². The molecule has 0 bridgehead atoms. The van der Waals surface area contributed by atoms with Crippen LogP contribution in [-0.2, 0) is 0 Å². The molecule has 3 aromatic carbocycles. The number of rotatable bonds is 5. The van der Waals surface area contributed by atoms with Crippen molar-refractivity contribution in [1.29, 1.82) is 0 Å². The number of nitrogens with zero attached hydrogens (tertiary/aromatic N) is 2. The van der Waals surface area contributed by atoms with Crippen molar-refractivity contribution in [3.05, 3.63) is 102 Å². The molecule has 2 heterocycles. The number of aryl methyl sites for hydroxylation is 1. The van der Waals surface area contributed by atoms with Crippen LogP contribution >= 0.6 is 0 Å². The van der Waals surface area contributed by atoms with Crippen LogP contribution in [0.1, 0.15) is 36.2 Å². The first kappa shape index (κ1) is 23.7. The van der Waals surface area contributed by atoms with E-state index in [1.807, 2.05) is 85.9 Å². The number of aromatic nitrogens is 3. The van der Waals surface area contributed by atoms with E-state index in [4.69, 9.17) is 4.98 Å². The second kappa shape index (κ2) is 11.1. The van der Waals surface area contributed by atoms with Gasteiger partial charge in [-0.05, 0) is 48.9 Å². The first-order chi connectivity index (χ1) is 17.1. The third kappa shape index (κ3) is 5.73. The molecule has 1 amide bonds. The number of amides is 1. The Kier molecular flexibility index (Phi) is 7.53. The Morgan fingerprint density at radius 2 is 1.69 bits per heavy atom. The van der Waals surface area contributed by atoms with E-state index in [-0.39, 0.29) is 5.91 Å². The zero-order valence-electron chi connectivity index (χ0n) is 20.2. The zero-order valence-corrected chi connectivity index (χ0v) is 20.2. The molecule has 6 nitrogen and oxygen atoms in total. The molecule has 0 spiro atoms. The fourth-order valence-electron chi connectivity index (χ4n) is 3.60. The van der Waals surface area contributed by atoms with Crippen LogP contribution in [0.15, 0.2) is 91.3 Å². The van der Waals surface area contributed by atoms with Gasteiger partial charge in [-0.25, -0.2) is 9.97 Å². The number of carbonyl (C=O) groups is 1. The van der Waals surface area contributed by atoms with Gasteiger partial charge in [-0.2, -0.15) is 0 Å². The van der Waals surface area contributed by atoms with Crippen molar-refractivity contribution in [3.63, 3.8) is 0 Å². The van der Waals surface area contributed by atoms with Gasteiger partial charge < -0.3 is 15.6 Å². The van der Waals surface area contributed by atoms with Gasteiger partial charge in [-0.15, -0.1) is 0 Å². The molecular formula is C29H29N5O. The van der Waals surface area contributed by atoms with Gasteiger partial charge in [0.05, 0.1) is 5.69 Å². The fourth-order valence-corrected chi connectivity index (χ4v) is 3.60. The summed E-state index contributed by atoms with van der Waals surface area (Å²) in [6.45, 7) is 6.23. The number of hydrogen-bond acceptors (Lipinski definition) is 4. The zero-order chi connectivity index (χ0) is 24.6. The predicted octanol–water partition coefficient (Wildman–Crippen LogP) is 7.35. The quantitative estimate of drug-likeness (QED) is 0.254. The highest BCUT2D eigenvalue weighted by Crippen LogP contribution is 2.28. The van der Waals surface area contributed by atoms with E-state index < -0.39 is 0 Å². The van der Waals surface area contributed by atoms with Crippen LogP contribution in [0, 0.1) is 6.92 Å². The normalized spacial score (nSPS) is 10.4. The lowest BCUT2D eigenvalue weighted by Crippen LogP contribution is -2.12. The first-order valence-corrected chi connectivity index (χ1v) is 11.7. The Morgan fingerprint density at radius 3 is 2.49 bits per heavy atom. The van der Waals surface area contributed by atoms with E-state index in [0.717, 1.165) is 39.1 Å². The number of aromatic amines is 1. The summed E-state index contributed by atoms with van der Waals surface area (Å²) in [5, 5.41) is 7.29. The van der Waals surface area contributed by atoms with E-state index in [1.54, 1.807) is 6.20 Å². The topological polar surface area (TPSA) is 82.7 Å². The Labute approximate surface area is 205 Å². The summed E-state index contributed by atoms with van der Waals surface area (Å²) < 4.78 is 0. The average molecular weight is 464 g/mol. The second-order valence-corrected chi connectivity index (χ2v) is 8.20. The summed E-state index contributed by atoms with van der Waals surface area (Å²) in [6, 6.07) is 24.9. The molecule has 0 saturated heterocycles. The van der Waals surface area contributed by atoms with Crippen molar-refractivity contribution in [3.8, 4) is 11.3 Å². The molecule has 0 atom stereocenters. The van der Waals surface area contributed by atoms with Crippen molar-refractivity contribution in [2.24, 2.45) is 0 Å². The van der Waals surface area contributed by atoms with E-state index in [0.29, 0.717) is 11.5 Å². The molecule has 0 unspecified atom stereocenters. The van der Waals surface area contributed by atoms with Crippen molar-refractivity contribution in [2.45, 2.75) is 27.2 Å². The molecule has 0 aliphatic heterocycles. The summed E-state index contributed by atoms with van der Waals surface area (Å²) in [5.41, 5.74) is 5.96. The van der Waals surface area contributed by atoms with Crippen LogP contribution in [-0.4, -0.2) is 20.9 Å². The van der Waals surface area contributed by atoms with E-state index >= 15 is 0 Å². The largest absolute Gasteiger partial charge is 0.360 e. The van der Waals surface area contributed by atoms with E-state index in [1.165, 1.54) is 6.42 Å². The summed E-state index contributed by atoms with van der Waals surface area (Å²) in [6.07, 6.45) is 4.93. The van der Waals surface area contributed by atoms with Crippen molar-refractivity contribution in [1.82, 2.24) is 15.0 Å². The van der Waals surface area contributed by atoms with Crippen LogP contribution < -0.4 is 10.6 Å². The van der Waals surface area contributed by atoms with Crippen LogP contribution in [0.25, 0.3) is 22.2 Å². The Morgan fingerprint density at radius 1 is 0.943 bits per heavy atom. The minimum Gasteiger partial charge on any atom is -0.360 e. The molecule has 0 saturated carbocycles. The highest BCUT2D eigenvalue weighted by Gasteiger charge is 2.11. The van der Waals surface area contributed by atoms with Gasteiger partial charge in [0.1, 0.15) is 0 Å². The Balaban J connectivity index is 0.000000917. The number of nitrogens with one attached hydrogen (secondary N) is 3. The standard InChI is InChI=1S/C26H21N5O.C3H8/c1-17-11-12-18(25(32)29-19-7-3-2-4-8-19)15-24(17)31-26-27-14-13-23(30-26)21-16-28-22-10-6-5-9-20(21)22;1-3-2/h2-16,28H,1H3,(H,29,32)(H,27,30,31);3H2,1-2H3. The van der Waals surface area contributed by atoms with Crippen LogP contribution in [0.2, 0.25) is 0 Å². The molecule has 35 heavy (non-hydrogen) atoms. The molecule has 3 N–H and O–H groups in total. The number of carbonyl (C=O) groups excluding carboxylic acids is 1. The maximum Gasteiger partial charge on any atom is 0.255 e. The third-order valence-electron chi connectivity index (χ3n) is 5.30. The molecule has 0 aliphatic carbocycles. The molecule has 5 rings (SSSR count). The fraction of sp³-hybridized carbons (Fsp3) is 0.138. The number of para-hydroxylation sites is 2. The van der Waals surface area contributed by atoms with Crippen LogP contribution in [0.3, 0.4) is 0 Å². The Bertz CT molecular complexity index is 1430. The SMILES string of the molecule is CCC.Cc1ccc(C(=O)Nc2ccccc2)cc1Nc1nccc(-c2c[nH]c3ccccc23)n1. The molecule has 0 radical (unpaired) electrons. The second-order valence-electron chi connectivity index (χ2n) is 8.20. The van der Waals surface area contributed by atoms with Gasteiger partial charge in [-0.1, -0.05) is 62.7 Å². The summed E-state index contributed by atoms with van der Waals surface area (Å²) in [7, 11) is 0. The summed E-state index contributed by atoms with van der Waals surface area (Å²) in [5.74, 6) is 0.296. The van der Waals surface area contributed by atoms with Crippen LogP contribution in [0.5, 0.6) is 0 Å². The smallest absolute Gasteiger partial charge is 0.255 e. The highest BCUT2D eigenvalue weighted by molar-refractivity contribution is 6.05. The molecule has 176 valence electrons. The lowest BCUT2D eigenvalue weighted by atomic mass is 10.1. The maximum atomic E-state index is 12.7. The van der Waals surface area contributed by atoms with Crippen molar-refractivity contribution >= 4 is 34.1 Å². The maximum absolute atomic E-state index is 12.7. The van der Waals surface area contributed by atoms with Crippen molar-refractivity contribution < 1.29 is 4.79 Å². The van der Waals surface area contributed by atoms with Gasteiger partial charge in [0.2, 0.25) is 5.95 Å². The lowest BCUT2D eigenvalue weighted by molar-refractivity contribution is 0.102. The lowest BCUT2D eigenvalue weighted by Gasteiger charge is -2.11. The summed E-state index contributed by atoms with van der Waals surface area (Å²) in [4.78, 5) is 25.0. The van der Waals surface area contributed by atoms with E-state index in [2.05, 4.69) is 40.5 Å².